The monoisotopic (exact) mass is 744 g/mol. The van der Waals surface area contributed by atoms with E-state index in [1.807, 2.05) is 36.4 Å². The number of nitrogens with zero attached hydrogens (tertiary/aromatic N) is 1. The Bertz CT molecular complexity index is 2250. The fraction of sp³-hybridized carbons (Fsp3) is 0.0732. The molecule has 3 N–H and O–H groups in total. The van der Waals surface area contributed by atoms with Crippen molar-refractivity contribution in [2.45, 2.75) is 10.1 Å². The number of amides is 3. The first-order valence-electron chi connectivity index (χ1n) is 16.3. The van der Waals surface area contributed by atoms with Gasteiger partial charge in [-0.3, -0.25) is 14.4 Å². The number of carbonyl (C=O) groups excluding carboxylic acids is 3. The number of benzene rings is 5. The molecule has 9 nitrogen and oxygen atoms in total. The lowest BCUT2D eigenvalue weighted by atomic mass is 10.1. The van der Waals surface area contributed by atoms with Crippen molar-refractivity contribution in [3.8, 4) is 22.8 Å². The average molecular weight is 745 g/mol. The Hall–Kier alpha value is -6.24. The number of hydrogen-bond donors (Lipinski definition) is 3. The number of methoxy groups -OCH3 is 2. The maximum Gasteiger partial charge on any atom is 0.272 e. The standard InChI is InChI=1S/C41H33FN4O5S2/c1-50-35-18-9-15-29(36(35)51-2)23-33(44-38(47)28-13-7-4-8-14-28)39(48)43-31-16-10-17-32(24-31)53-37(27-11-5-3-6-12-27)40(49)46-41-45-34(25-52-41)26-19-21-30(42)22-20-26/h3-25,37H,1-2H3,(H,43,48)(H,44,47)(H,45,46,49)/b33-23+. The summed E-state index contributed by atoms with van der Waals surface area (Å²) in [5, 5.41) is 10.1. The van der Waals surface area contributed by atoms with Crippen LogP contribution in [0.25, 0.3) is 17.3 Å². The van der Waals surface area contributed by atoms with Crippen molar-refractivity contribution in [1.29, 1.82) is 0 Å². The Kier molecular flexibility index (Phi) is 11.9. The predicted octanol–water partition coefficient (Wildman–Crippen LogP) is 8.85. The van der Waals surface area contributed by atoms with Gasteiger partial charge in [-0.1, -0.05) is 66.7 Å². The highest BCUT2D eigenvalue weighted by molar-refractivity contribution is 8.00. The van der Waals surface area contributed by atoms with E-state index in [1.54, 1.807) is 84.2 Å². The van der Waals surface area contributed by atoms with Gasteiger partial charge in [-0.2, -0.15) is 0 Å². The van der Waals surface area contributed by atoms with Gasteiger partial charge in [0.25, 0.3) is 11.8 Å². The number of anilines is 2. The van der Waals surface area contributed by atoms with Crippen molar-refractivity contribution in [2.24, 2.45) is 0 Å². The molecule has 6 rings (SSSR count). The van der Waals surface area contributed by atoms with Crippen molar-refractivity contribution in [3.63, 3.8) is 0 Å². The molecule has 1 aromatic heterocycles. The first-order chi connectivity index (χ1) is 25.8. The Balaban J connectivity index is 1.24. The molecule has 6 aromatic rings. The van der Waals surface area contributed by atoms with Crippen LogP contribution < -0.4 is 25.4 Å². The third kappa shape index (κ3) is 9.36. The van der Waals surface area contributed by atoms with Crippen LogP contribution in [0.15, 0.2) is 143 Å². The summed E-state index contributed by atoms with van der Waals surface area (Å²) in [5.41, 5.74) is 3.41. The summed E-state index contributed by atoms with van der Waals surface area (Å²) in [6, 6.07) is 36.2. The van der Waals surface area contributed by atoms with Crippen LogP contribution in [0.4, 0.5) is 15.2 Å². The van der Waals surface area contributed by atoms with Gasteiger partial charge < -0.3 is 25.4 Å². The van der Waals surface area contributed by atoms with Crippen LogP contribution in [0.2, 0.25) is 0 Å². The highest BCUT2D eigenvalue weighted by atomic mass is 32.2. The molecule has 0 aliphatic heterocycles. The maximum absolute atomic E-state index is 13.9. The number of aromatic nitrogens is 1. The molecule has 0 fully saturated rings. The van der Waals surface area contributed by atoms with Crippen molar-refractivity contribution in [1.82, 2.24) is 10.3 Å². The largest absolute Gasteiger partial charge is 0.493 e. The summed E-state index contributed by atoms with van der Waals surface area (Å²) in [5.74, 6) is -0.844. The molecule has 12 heteroatoms. The fourth-order valence-electron chi connectivity index (χ4n) is 5.26. The van der Waals surface area contributed by atoms with Gasteiger partial charge in [0.15, 0.2) is 16.6 Å². The zero-order valence-corrected chi connectivity index (χ0v) is 30.2. The third-order valence-electron chi connectivity index (χ3n) is 7.82. The molecule has 0 aliphatic rings. The van der Waals surface area contributed by atoms with Crippen LogP contribution in [0.3, 0.4) is 0 Å². The second-order valence-electron chi connectivity index (χ2n) is 11.4. The van der Waals surface area contributed by atoms with Crippen molar-refractivity contribution in [3.05, 3.63) is 161 Å². The minimum atomic E-state index is -0.679. The molecule has 266 valence electrons. The second-order valence-corrected chi connectivity index (χ2v) is 13.4. The molecular formula is C41H33FN4O5S2. The van der Waals surface area contributed by atoms with Gasteiger partial charge in [0.05, 0.1) is 19.9 Å². The van der Waals surface area contributed by atoms with E-state index in [-0.39, 0.29) is 17.4 Å². The van der Waals surface area contributed by atoms with Gasteiger partial charge in [-0.25, -0.2) is 9.37 Å². The van der Waals surface area contributed by atoms with E-state index in [4.69, 9.17) is 9.47 Å². The van der Waals surface area contributed by atoms with Crippen LogP contribution in [0.1, 0.15) is 26.7 Å². The Morgan fingerprint density at radius 1 is 0.811 bits per heavy atom. The minimum absolute atomic E-state index is 0.0338. The number of thiazole rings is 1. The molecule has 0 spiro atoms. The van der Waals surface area contributed by atoms with Crippen LogP contribution >= 0.6 is 23.1 Å². The SMILES string of the molecule is COc1cccc(/C=C(/NC(=O)c2ccccc2)C(=O)Nc2cccc(SC(C(=O)Nc3nc(-c4ccc(F)cc4)cs3)c3ccccc3)c2)c1OC. The number of carbonyl (C=O) groups is 3. The average Bonchev–Trinajstić information content (AvgIpc) is 3.65. The Labute approximate surface area is 313 Å². The lowest BCUT2D eigenvalue weighted by Crippen LogP contribution is -2.30. The Morgan fingerprint density at radius 2 is 1.53 bits per heavy atom. The zero-order chi connectivity index (χ0) is 37.2. The smallest absolute Gasteiger partial charge is 0.272 e. The van der Waals surface area contributed by atoms with Gasteiger partial charge in [0.2, 0.25) is 5.91 Å². The predicted molar refractivity (Wildman–Crippen MR) is 208 cm³/mol. The quantitative estimate of drug-likeness (QED) is 0.0799. The van der Waals surface area contributed by atoms with E-state index in [2.05, 4.69) is 20.9 Å². The van der Waals surface area contributed by atoms with Crippen molar-refractivity contribution >= 4 is 57.7 Å². The third-order valence-corrected chi connectivity index (χ3v) is 9.83. The van der Waals surface area contributed by atoms with E-state index in [0.29, 0.717) is 44.0 Å². The van der Waals surface area contributed by atoms with Crippen LogP contribution in [0.5, 0.6) is 11.5 Å². The van der Waals surface area contributed by atoms with Crippen LogP contribution in [0, 0.1) is 5.82 Å². The normalized spacial score (nSPS) is 11.6. The Morgan fingerprint density at radius 3 is 2.25 bits per heavy atom. The summed E-state index contributed by atoms with van der Waals surface area (Å²) in [6.45, 7) is 0. The molecule has 1 atom stereocenters. The number of hydrogen-bond acceptors (Lipinski definition) is 8. The van der Waals surface area contributed by atoms with Crippen molar-refractivity contribution < 1.29 is 28.2 Å². The van der Waals surface area contributed by atoms with Gasteiger partial charge in [0, 0.05) is 32.7 Å². The topological polar surface area (TPSA) is 119 Å². The number of para-hydroxylation sites is 1. The highest BCUT2D eigenvalue weighted by Gasteiger charge is 2.24. The summed E-state index contributed by atoms with van der Waals surface area (Å²) in [7, 11) is 3.00. The second kappa shape index (κ2) is 17.3. The van der Waals surface area contributed by atoms with Crippen LogP contribution in [-0.4, -0.2) is 36.9 Å². The molecule has 3 amide bonds. The van der Waals surface area contributed by atoms with Gasteiger partial charge >= 0.3 is 0 Å². The first kappa shape index (κ1) is 36.5. The molecule has 0 bridgehead atoms. The number of thioether (sulfide) groups is 1. The first-order valence-corrected chi connectivity index (χ1v) is 18.0. The van der Waals surface area contributed by atoms with E-state index in [1.165, 1.54) is 55.5 Å². The van der Waals surface area contributed by atoms with E-state index in [9.17, 15) is 18.8 Å². The van der Waals surface area contributed by atoms with E-state index in [0.717, 1.165) is 11.1 Å². The molecule has 1 unspecified atom stereocenters. The molecule has 0 radical (unpaired) electrons. The lowest BCUT2D eigenvalue weighted by Gasteiger charge is -2.17. The minimum Gasteiger partial charge on any atom is -0.493 e. The molecule has 0 saturated heterocycles. The van der Waals surface area contributed by atoms with E-state index >= 15 is 0 Å². The van der Waals surface area contributed by atoms with Crippen molar-refractivity contribution in [2.75, 3.05) is 24.9 Å². The maximum atomic E-state index is 13.9. The molecule has 5 aromatic carbocycles. The summed E-state index contributed by atoms with van der Waals surface area (Å²) in [4.78, 5) is 46.1. The zero-order valence-electron chi connectivity index (χ0n) is 28.5. The number of halogens is 1. The number of rotatable bonds is 13. The number of ether oxygens (including phenoxy) is 2. The van der Waals surface area contributed by atoms with Crippen LogP contribution in [-0.2, 0) is 9.59 Å². The van der Waals surface area contributed by atoms with Gasteiger partial charge in [-0.05, 0) is 72.3 Å². The fourth-order valence-corrected chi connectivity index (χ4v) is 7.07. The van der Waals surface area contributed by atoms with Gasteiger partial charge in [0.1, 0.15) is 16.8 Å². The van der Waals surface area contributed by atoms with E-state index < -0.39 is 17.1 Å². The molecule has 53 heavy (non-hydrogen) atoms. The summed E-state index contributed by atoms with van der Waals surface area (Å²) < 4.78 is 24.4. The highest BCUT2D eigenvalue weighted by Crippen LogP contribution is 2.38. The van der Waals surface area contributed by atoms with Gasteiger partial charge in [-0.15, -0.1) is 23.1 Å². The summed E-state index contributed by atoms with van der Waals surface area (Å²) in [6.07, 6.45) is 1.52. The lowest BCUT2D eigenvalue weighted by molar-refractivity contribution is -0.116. The number of nitrogens with one attached hydrogen (secondary N) is 3. The summed E-state index contributed by atoms with van der Waals surface area (Å²) >= 11 is 2.57. The molecule has 0 aliphatic carbocycles. The molecule has 0 saturated carbocycles. The molecule has 1 heterocycles. The molecular weight excluding hydrogens is 712 g/mol.